The molecule has 0 unspecified atom stereocenters. The zero-order valence-electron chi connectivity index (χ0n) is 8.12. The Bertz CT molecular complexity index is 278. The van der Waals surface area contributed by atoms with E-state index in [4.69, 9.17) is 10.8 Å². The van der Waals surface area contributed by atoms with Crippen LogP contribution in [0, 0.1) is 0 Å². The lowest BCUT2D eigenvalue weighted by Crippen LogP contribution is -2.01. The van der Waals surface area contributed by atoms with Gasteiger partial charge in [0.1, 0.15) is 5.00 Å². The number of rotatable bonds is 6. The minimum Gasteiger partial charge on any atom is -0.396 e. The lowest BCUT2D eigenvalue weighted by Gasteiger charge is -2.03. The van der Waals surface area contributed by atoms with Crippen LogP contribution in [0.15, 0.2) is 4.90 Å². The molecule has 14 heavy (non-hydrogen) atoms. The Hall–Kier alpha value is -0.460. The highest BCUT2D eigenvalue weighted by atomic mass is 32.2. The number of nitrogen functional groups attached to an aromatic ring is 1. The fourth-order valence-corrected chi connectivity index (χ4v) is 2.61. The average Bonchev–Trinajstić information content (AvgIpc) is 2.54. The average molecular weight is 233 g/mol. The van der Waals surface area contributed by atoms with Crippen LogP contribution in [0.4, 0.5) is 10.8 Å². The van der Waals surface area contributed by atoms with Gasteiger partial charge in [-0.25, -0.2) is 0 Å². The van der Waals surface area contributed by atoms with Gasteiger partial charge in [0.25, 0.3) is 0 Å². The quantitative estimate of drug-likeness (QED) is 0.514. The Morgan fingerprint density at radius 2 is 2.36 bits per heavy atom. The molecule has 1 aromatic rings. The number of nitrogens with zero attached hydrogens (tertiary/aromatic N) is 1. The van der Waals surface area contributed by atoms with Crippen molar-refractivity contribution in [3.63, 3.8) is 0 Å². The van der Waals surface area contributed by atoms with Gasteiger partial charge >= 0.3 is 0 Å². The number of aromatic nitrogens is 1. The molecule has 4 N–H and O–H groups in total. The molecule has 0 aromatic carbocycles. The number of hydrogen-bond acceptors (Lipinski definition) is 6. The summed E-state index contributed by atoms with van der Waals surface area (Å²) < 4.78 is 4.07. The van der Waals surface area contributed by atoms with Crippen molar-refractivity contribution in [2.75, 3.05) is 30.5 Å². The summed E-state index contributed by atoms with van der Waals surface area (Å²) in [4.78, 5) is 1.03. The van der Waals surface area contributed by atoms with Gasteiger partial charge in [0, 0.05) is 13.2 Å². The largest absolute Gasteiger partial charge is 0.396 e. The number of thioether (sulfide) groups is 1. The van der Waals surface area contributed by atoms with Crippen LogP contribution in [-0.2, 0) is 0 Å². The van der Waals surface area contributed by atoms with Crippen molar-refractivity contribution in [1.29, 1.82) is 0 Å². The number of nitrogens with two attached hydrogens (primary N) is 1. The summed E-state index contributed by atoms with van der Waals surface area (Å²) >= 11 is 2.99. The van der Waals surface area contributed by atoms with E-state index in [9.17, 15) is 0 Å². The van der Waals surface area contributed by atoms with Crippen molar-refractivity contribution < 1.29 is 5.11 Å². The van der Waals surface area contributed by atoms with Gasteiger partial charge in [0.05, 0.1) is 4.90 Å². The minimum atomic E-state index is 0.252. The second-order valence-corrected chi connectivity index (χ2v) is 4.38. The van der Waals surface area contributed by atoms with Gasteiger partial charge in [-0.15, -0.1) is 11.8 Å². The third kappa shape index (κ3) is 3.04. The molecule has 1 rings (SSSR count). The first-order valence-corrected chi connectivity index (χ1v) is 6.43. The van der Waals surface area contributed by atoms with Gasteiger partial charge in [0.2, 0.25) is 0 Å². The first-order valence-electron chi connectivity index (χ1n) is 4.43. The summed E-state index contributed by atoms with van der Waals surface area (Å²) in [5.74, 6) is 0.604. The Balaban J connectivity index is 2.42. The highest BCUT2D eigenvalue weighted by Crippen LogP contribution is 2.34. The van der Waals surface area contributed by atoms with Crippen LogP contribution in [0.2, 0.25) is 0 Å². The fraction of sp³-hybridized carbons (Fsp3) is 0.625. The molecule has 0 saturated carbocycles. The van der Waals surface area contributed by atoms with Gasteiger partial charge in [-0.1, -0.05) is 0 Å². The van der Waals surface area contributed by atoms with Gasteiger partial charge < -0.3 is 16.2 Å². The van der Waals surface area contributed by atoms with Crippen LogP contribution < -0.4 is 11.1 Å². The summed E-state index contributed by atoms with van der Waals surface area (Å²) in [6.07, 6.45) is 3.77. The second-order valence-electron chi connectivity index (χ2n) is 2.79. The molecule has 1 heterocycles. The van der Waals surface area contributed by atoms with Crippen molar-refractivity contribution in [3.8, 4) is 0 Å². The molecular weight excluding hydrogens is 218 g/mol. The van der Waals surface area contributed by atoms with Crippen LogP contribution >= 0.6 is 23.3 Å². The molecule has 0 aliphatic carbocycles. The monoisotopic (exact) mass is 233 g/mol. The van der Waals surface area contributed by atoms with Crippen LogP contribution in [0.25, 0.3) is 0 Å². The number of unbranched alkanes of at least 4 members (excludes halogenated alkanes) is 1. The number of aliphatic hydroxyl groups excluding tert-OH is 1. The first-order chi connectivity index (χ1) is 6.79. The SMILES string of the molecule is CSc1c(N)nsc1NCCCCO. The topological polar surface area (TPSA) is 71.2 Å². The molecule has 0 aliphatic rings. The normalized spacial score (nSPS) is 10.4. The third-order valence-corrected chi connectivity index (χ3v) is 3.52. The van der Waals surface area contributed by atoms with E-state index in [1.165, 1.54) is 11.5 Å². The Morgan fingerprint density at radius 3 is 3.00 bits per heavy atom. The van der Waals surface area contributed by atoms with Gasteiger partial charge in [-0.3, -0.25) is 0 Å². The minimum absolute atomic E-state index is 0.252. The Kier molecular flexibility index (Phi) is 5.06. The van der Waals surface area contributed by atoms with Crippen molar-refractivity contribution >= 4 is 34.1 Å². The zero-order valence-corrected chi connectivity index (χ0v) is 9.75. The highest BCUT2D eigenvalue weighted by Gasteiger charge is 2.08. The smallest absolute Gasteiger partial charge is 0.153 e. The molecule has 0 aliphatic heterocycles. The van der Waals surface area contributed by atoms with Crippen molar-refractivity contribution in [1.82, 2.24) is 4.37 Å². The second kappa shape index (κ2) is 6.10. The summed E-state index contributed by atoms with van der Waals surface area (Å²) in [5, 5.41) is 12.9. The molecule has 0 atom stereocenters. The zero-order chi connectivity index (χ0) is 10.4. The van der Waals surface area contributed by atoms with Gasteiger partial charge in [0.15, 0.2) is 5.82 Å². The number of aliphatic hydroxyl groups is 1. The maximum absolute atomic E-state index is 8.61. The molecule has 6 heteroatoms. The van der Waals surface area contributed by atoms with Crippen LogP contribution in [-0.4, -0.2) is 28.9 Å². The molecule has 0 bridgehead atoms. The number of nitrogens with one attached hydrogen (secondary N) is 1. The lowest BCUT2D eigenvalue weighted by molar-refractivity contribution is 0.286. The first kappa shape index (κ1) is 11.6. The molecular formula is C8H15N3OS2. The summed E-state index contributed by atoms with van der Waals surface area (Å²) in [7, 11) is 0. The summed E-state index contributed by atoms with van der Waals surface area (Å²) in [6, 6.07) is 0. The van der Waals surface area contributed by atoms with Crippen LogP contribution in [0.1, 0.15) is 12.8 Å². The van der Waals surface area contributed by atoms with E-state index in [1.54, 1.807) is 11.8 Å². The van der Waals surface area contributed by atoms with Crippen LogP contribution in [0.3, 0.4) is 0 Å². The Morgan fingerprint density at radius 1 is 1.57 bits per heavy atom. The van der Waals surface area contributed by atoms with E-state index >= 15 is 0 Å². The van der Waals surface area contributed by atoms with E-state index in [2.05, 4.69) is 9.69 Å². The van der Waals surface area contributed by atoms with Gasteiger partial charge in [-0.2, -0.15) is 4.37 Å². The molecule has 4 nitrogen and oxygen atoms in total. The molecule has 0 amide bonds. The number of anilines is 2. The molecule has 0 saturated heterocycles. The molecule has 0 spiro atoms. The molecule has 0 radical (unpaired) electrons. The molecule has 1 aromatic heterocycles. The van der Waals surface area contributed by atoms with E-state index < -0.39 is 0 Å². The molecule has 80 valence electrons. The maximum atomic E-state index is 8.61. The van der Waals surface area contributed by atoms with E-state index in [0.717, 1.165) is 29.3 Å². The van der Waals surface area contributed by atoms with E-state index in [0.29, 0.717) is 5.82 Å². The summed E-state index contributed by atoms with van der Waals surface area (Å²) in [5.41, 5.74) is 5.68. The van der Waals surface area contributed by atoms with Gasteiger partial charge in [-0.05, 0) is 30.6 Å². The predicted molar refractivity (Wildman–Crippen MR) is 63.1 cm³/mol. The standard InChI is InChI=1S/C8H15N3OS2/c1-13-6-7(9)11-14-8(6)10-4-2-3-5-12/h10,12H,2-5H2,1H3,(H2,9,11). The van der Waals surface area contributed by atoms with Crippen molar-refractivity contribution in [3.05, 3.63) is 0 Å². The highest BCUT2D eigenvalue weighted by molar-refractivity contribution is 7.99. The molecule has 0 fully saturated rings. The maximum Gasteiger partial charge on any atom is 0.153 e. The van der Waals surface area contributed by atoms with Crippen LogP contribution in [0.5, 0.6) is 0 Å². The Labute approximate surface area is 92.1 Å². The van der Waals surface area contributed by atoms with Crippen molar-refractivity contribution in [2.24, 2.45) is 0 Å². The predicted octanol–water partition coefficient (Wildman–Crippen LogP) is 1.63. The van der Waals surface area contributed by atoms with E-state index in [-0.39, 0.29) is 6.61 Å². The van der Waals surface area contributed by atoms with E-state index in [1.807, 2.05) is 6.26 Å². The van der Waals surface area contributed by atoms with Crippen molar-refractivity contribution in [2.45, 2.75) is 17.7 Å². The summed E-state index contributed by atoms with van der Waals surface area (Å²) in [6.45, 7) is 1.11. The fourth-order valence-electron chi connectivity index (χ4n) is 1.04. The lowest BCUT2D eigenvalue weighted by atomic mass is 10.3. The number of hydrogen-bond donors (Lipinski definition) is 3. The third-order valence-electron chi connectivity index (χ3n) is 1.75.